The molecule has 3 aromatic rings. The van der Waals surface area contributed by atoms with Crippen molar-refractivity contribution in [2.24, 2.45) is 28.2 Å². The minimum absolute atomic E-state index is 0.125. The quantitative estimate of drug-likeness (QED) is 0.302. The molecule has 2 aromatic carbocycles. The van der Waals surface area contributed by atoms with Crippen molar-refractivity contribution in [3.8, 4) is 5.75 Å². The largest absolute Gasteiger partial charge is 0.497 e. The molecule has 0 spiro atoms. The maximum absolute atomic E-state index is 14.5. The molecule has 3 aliphatic carbocycles. The van der Waals surface area contributed by atoms with Gasteiger partial charge in [0.15, 0.2) is 5.96 Å². The van der Waals surface area contributed by atoms with E-state index in [0.717, 1.165) is 49.5 Å². The van der Waals surface area contributed by atoms with E-state index in [9.17, 15) is 9.18 Å². The second kappa shape index (κ2) is 11.5. The third-order valence-electron chi connectivity index (χ3n) is 11.5. The Balaban J connectivity index is 1.12. The molecule has 3 saturated carbocycles. The monoisotopic (exact) mass is 600 g/mol. The van der Waals surface area contributed by atoms with Crippen LogP contribution in [-0.2, 0) is 13.0 Å². The SMILES string of the molecule is COc1ccc(CCn2cnc3cc(NC(=N[C@H]4C[C@@H]5CC([C@@H]4C)C5(C)C)N4CCN5CCCC5C4)ccc3c2=O)c(F)c1. The maximum atomic E-state index is 14.5. The van der Waals surface area contributed by atoms with Crippen molar-refractivity contribution in [3.05, 3.63) is 64.5 Å². The van der Waals surface area contributed by atoms with Crippen LogP contribution >= 0.6 is 0 Å². The molecule has 2 saturated heterocycles. The Labute approximate surface area is 259 Å². The van der Waals surface area contributed by atoms with E-state index in [1.54, 1.807) is 23.0 Å². The number of rotatable bonds is 6. The van der Waals surface area contributed by atoms with Crippen molar-refractivity contribution in [1.29, 1.82) is 0 Å². The highest BCUT2D eigenvalue weighted by atomic mass is 19.1. The number of ether oxygens (including phenoxy) is 1. The van der Waals surface area contributed by atoms with E-state index >= 15 is 0 Å². The number of hydrogen-bond donors (Lipinski definition) is 1. The molecule has 5 atom stereocenters. The highest BCUT2D eigenvalue weighted by Crippen LogP contribution is 2.61. The predicted molar refractivity (Wildman–Crippen MR) is 173 cm³/mol. The first-order valence-corrected chi connectivity index (χ1v) is 16.4. The number of aliphatic imine (C=N–C) groups is 1. The van der Waals surface area contributed by atoms with E-state index in [4.69, 9.17) is 9.73 Å². The van der Waals surface area contributed by atoms with Gasteiger partial charge in [-0.05, 0) is 91.6 Å². The van der Waals surface area contributed by atoms with Crippen LogP contribution in [0, 0.1) is 29.0 Å². The first-order chi connectivity index (χ1) is 21.2. The summed E-state index contributed by atoms with van der Waals surface area (Å²) in [5.41, 5.74) is 2.37. The first kappa shape index (κ1) is 29.3. The van der Waals surface area contributed by atoms with Crippen molar-refractivity contribution in [2.75, 3.05) is 38.6 Å². The van der Waals surface area contributed by atoms with Gasteiger partial charge in [-0.15, -0.1) is 0 Å². The van der Waals surface area contributed by atoms with Crippen LogP contribution < -0.4 is 15.6 Å². The molecule has 3 heterocycles. The van der Waals surface area contributed by atoms with Crippen molar-refractivity contribution in [2.45, 2.75) is 71.5 Å². The molecule has 0 amide bonds. The minimum atomic E-state index is -0.336. The second-order valence-electron chi connectivity index (χ2n) is 14.1. The predicted octanol–water partition coefficient (Wildman–Crippen LogP) is 5.41. The Bertz CT molecular complexity index is 1640. The summed E-state index contributed by atoms with van der Waals surface area (Å²) >= 11 is 0. The minimum Gasteiger partial charge on any atom is -0.497 e. The van der Waals surface area contributed by atoms with Gasteiger partial charge in [0.05, 0.1) is 30.4 Å². The number of halogens is 1. The van der Waals surface area contributed by atoms with E-state index in [0.29, 0.717) is 58.6 Å². The van der Waals surface area contributed by atoms with Crippen LogP contribution in [0.1, 0.15) is 52.0 Å². The van der Waals surface area contributed by atoms with Crippen LogP contribution in [0.5, 0.6) is 5.75 Å². The summed E-state index contributed by atoms with van der Waals surface area (Å²) in [5.74, 6) is 3.14. The maximum Gasteiger partial charge on any atom is 0.261 e. The Morgan fingerprint density at radius 2 is 2.02 bits per heavy atom. The summed E-state index contributed by atoms with van der Waals surface area (Å²) in [6.45, 7) is 11.9. The summed E-state index contributed by atoms with van der Waals surface area (Å²) in [6, 6.07) is 11.5. The van der Waals surface area contributed by atoms with Crippen molar-refractivity contribution < 1.29 is 9.13 Å². The molecule has 2 bridgehead atoms. The van der Waals surface area contributed by atoms with Crippen molar-refractivity contribution in [1.82, 2.24) is 19.4 Å². The van der Waals surface area contributed by atoms with Gasteiger partial charge in [0.1, 0.15) is 11.6 Å². The van der Waals surface area contributed by atoms with Crippen molar-refractivity contribution in [3.63, 3.8) is 0 Å². The van der Waals surface area contributed by atoms with E-state index in [1.165, 1.54) is 39.0 Å². The number of nitrogens with zero attached hydrogens (tertiary/aromatic N) is 5. The first-order valence-electron chi connectivity index (χ1n) is 16.4. The lowest BCUT2D eigenvalue weighted by molar-refractivity contribution is -0.108. The molecule has 8 rings (SSSR count). The van der Waals surface area contributed by atoms with Gasteiger partial charge in [-0.25, -0.2) is 14.4 Å². The van der Waals surface area contributed by atoms with Gasteiger partial charge < -0.3 is 15.0 Å². The Hall–Kier alpha value is -3.46. The number of aryl methyl sites for hydroxylation is 2. The molecule has 9 heteroatoms. The summed E-state index contributed by atoms with van der Waals surface area (Å²) in [7, 11) is 1.51. The number of piperazine rings is 1. The van der Waals surface area contributed by atoms with Crippen LogP contribution in [0.2, 0.25) is 0 Å². The average Bonchev–Trinajstić information content (AvgIpc) is 3.49. The molecular weight excluding hydrogens is 555 g/mol. The average molecular weight is 601 g/mol. The van der Waals surface area contributed by atoms with Gasteiger partial charge in [-0.3, -0.25) is 14.3 Å². The summed E-state index contributed by atoms with van der Waals surface area (Å²) < 4.78 is 21.1. The zero-order valence-electron chi connectivity index (χ0n) is 26.4. The number of benzene rings is 2. The molecule has 2 unspecified atom stereocenters. The van der Waals surface area contributed by atoms with Gasteiger partial charge in [0, 0.05) is 44.0 Å². The normalized spacial score (nSPS) is 28.1. The molecule has 0 radical (unpaired) electrons. The van der Waals surface area contributed by atoms with E-state index in [2.05, 4.69) is 40.9 Å². The number of hydrogen-bond acceptors (Lipinski definition) is 5. The van der Waals surface area contributed by atoms with E-state index < -0.39 is 0 Å². The standard InChI is InChI=1S/C35H45FN6O2/c1-22-29-16-24(35(29,2)3)17-31(22)39-34(41-15-14-40-12-5-6-26(40)20-41)38-25-8-10-28-32(18-25)37-21-42(33(28)43)13-11-23-7-9-27(44-4)19-30(23)36/h7-10,18-19,21-22,24,26,29,31H,5-6,11-17,20H2,1-4H3,(H,38,39)/t22-,24-,26?,29?,31-/m0/s1. The lowest BCUT2D eigenvalue weighted by Crippen LogP contribution is -2.57. The van der Waals surface area contributed by atoms with Gasteiger partial charge in [-0.2, -0.15) is 0 Å². The molecule has 5 fully saturated rings. The van der Waals surface area contributed by atoms with Crippen LogP contribution in [0.4, 0.5) is 10.1 Å². The Kier molecular flexibility index (Phi) is 7.63. The van der Waals surface area contributed by atoms with Crippen LogP contribution in [0.25, 0.3) is 10.9 Å². The van der Waals surface area contributed by atoms with Gasteiger partial charge in [0.25, 0.3) is 5.56 Å². The van der Waals surface area contributed by atoms with Crippen LogP contribution in [0.3, 0.4) is 0 Å². The molecule has 1 N–H and O–H groups in total. The number of guanidine groups is 1. The van der Waals surface area contributed by atoms with Gasteiger partial charge in [0.2, 0.25) is 0 Å². The number of methoxy groups -OCH3 is 1. The summed E-state index contributed by atoms with van der Waals surface area (Å²) in [4.78, 5) is 28.5. The lowest BCUT2D eigenvalue weighted by Gasteiger charge is -2.61. The van der Waals surface area contributed by atoms with Gasteiger partial charge in [-0.1, -0.05) is 26.8 Å². The number of fused-ring (bicyclic) bond motifs is 4. The zero-order chi connectivity index (χ0) is 30.6. The Morgan fingerprint density at radius 3 is 2.80 bits per heavy atom. The van der Waals surface area contributed by atoms with Gasteiger partial charge >= 0.3 is 0 Å². The fourth-order valence-corrected chi connectivity index (χ4v) is 8.45. The number of aromatic nitrogens is 2. The summed E-state index contributed by atoms with van der Waals surface area (Å²) in [6.07, 6.45) is 6.97. The van der Waals surface area contributed by atoms with Crippen LogP contribution in [0.15, 0.2) is 52.5 Å². The molecular formula is C35H45FN6O2. The molecule has 5 aliphatic rings. The molecule has 44 heavy (non-hydrogen) atoms. The van der Waals surface area contributed by atoms with Crippen LogP contribution in [-0.4, -0.2) is 70.7 Å². The lowest BCUT2D eigenvalue weighted by atomic mass is 9.45. The second-order valence-corrected chi connectivity index (χ2v) is 14.1. The smallest absolute Gasteiger partial charge is 0.261 e. The fourth-order valence-electron chi connectivity index (χ4n) is 8.45. The zero-order valence-corrected chi connectivity index (χ0v) is 26.4. The molecule has 234 valence electrons. The number of nitrogens with one attached hydrogen (secondary N) is 1. The van der Waals surface area contributed by atoms with E-state index in [-0.39, 0.29) is 11.4 Å². The highest BCUT2D eigenvalue weighted by Gasteiger charge is 2.56. The topological polar surface area (TPSA) is 75.0 Å². The number of anilines is 1. The third kappa shape index (κ3) is 5.27. The molecule has 1 aromatic heterocycles. The fraction of sp³-hybridized carbons (Fsp3) is 0.571. The highest BCUT2D eigenvalue weighted by molar-refractivity contribution is 5.96. The Morgan fingerprint density at radius 1 is 1.16 bits per heavy atom. The summed E-state index contributed by atoms with van der Waals surface area (Å²) in [5, 5.41) is 4.24. The van der Waals surface area contributed by atoms with Crippen molar-refractivity contribution >= 4 is 22.5 Å². The molecule has 8 nitrogen and oxygen atoms in total. The molecule has 2 aliphatic heterocycles. The third-order valence-corrected chi connectivity index (χ3v) is 11.5. The van der Waals surface area contributed by atoms with E-state index in [1.807, 2.05) is 18.2 Å².